The van der Waals surface area contributed by atoms with Gasteiger partial charge in [-0.3, -0.25) is 0 Å². The average Bonchev–Trinajstić information content (AvgIpc) is 1.60. The van der Waals surface area contributed by atoms with E-state index in [9.17, 15) is 13.0 Å². The first kappa shape index (κ1) is 14.4. The van der Waals surface area contributed by atoms with Crippen molar-refractivity contribution in [3.8, 4) is 0 Å². The normalized spacial score (nSPS) is 14.3. The van der Waals surface area contributed by atoms with Gasteiger partial charge in [0.2, 0.25) is 0 Å². The van der Waals surface area contributed by atoms with Gasteiger partial charge in [-0.1, -0.05) is 13.8 Å². The van der Waals surface area contributed by atoms with Crippen molar-refractivity contribution in [2.75, 3.05) is 0 Å². The quantitative estimate of drug-likeness (QED) is 0.378. The molecule has 0 aromatic rings. The van der Waals surface area contributed by atoms with Crippen LogP contribution in [-0.2, 0) is 10.1 Å². The number of aliphatic hydroxyl groups is 1. The molecule has 0 fully saturated rings. The van der Waals surface area contributed by atoms with Crippen molar-refractivity contribution in [2.24, 2.45) is 5.92 Å². The fourth-order valence-electron chi connectivity index (χ4n) is 0.521. The molecule has 6 heteroatoms. The van der Waals surface area contributed by atoms with Crippen LogP contribution in [0.2, 0.25) is 0 Å². The largest absolute Gasteiger partial charge is 1.00 e. The molecule has 0 aliphatic rings. The van der Waals surface area contributed by atoms with E-state index in [-0.39, 0.29) is 41.9 Å². The number of aliphatic hydroxyl groups excluding tert-OH is 1. The van der Waals surface area contributed by atoms with E-state index >= 15 is 0 Å². The molecule has 0 amide bonds. The van der Waals surface area contributed by atoms with Gasteiger partial charge >= 0.3 is 29.6 Å². The van der Waals surface area contributed by atoms with Gasteiger partial charge in [-0.25, -0.2) is 8.42 Å². The molecule has 0 heterocycles. The van der Waals surface area contributed by atoms with Gasteiger partial charge in [0.15, 0.2) is 0 Å². The molecule has 0 saturated carbocycles. The van der Waals surface area contributed by atoms with E-state index in [1.165, 1.54) is 0 Å². The third-order valence-corrected chi connectivity index (χ3v) is 1.87. The molecule has 0 rings (SSSR count). The summed E-state index contributed by atoms with van der Waals surface area (Å²) in [4.78, 5) is 0. The summed E-state index contributed by atoms with van der Waals surface area (Å²) in [5, 5.41) is 8.66. The van der Waals surface area contributed by atoms with Crippen molar-refractivity contribution < 1.29 is 47.6 Å². The van der Waals surface area contributed by atoms with Crippen LogP contribution >= 0.6 is 0 Å². The maximum absolute atomic E-state index is 10.1. The third kappa shape index (κ3) is 7.24. The number of hydrogen-bond acceptors (Lipinski definition) is 4. The zero-order valence-electron chi connectivity index (χ0n) is 6.94. The summed E-state index contributed by atoms with van der Waals surface area (Å²) in [5.74, 6) is 0.0127. The summed E-state index contributed by atoms with van der Waals surface area (Å²) in [5.41, 5.74) is -1.74. The third-order valence-electron chi connectivity index (χ3n) is 1.01. The van der Waals surface area contributed by atoms with Crippen LogP contribution in [0.5, 0.6) is 0 Å². The maximum atomic E-state index is 10.1. The van der Waals surface area contributed by atoms with E-state index in [0.29, 0.717) is 0 Å². The second-order valence-electron chi connectivity index (χ2n) is 2.58. The molecule has 1 N–H and O–H groups in total. The monoisotopic (exact) mass is 190 g/mol. The molecule has 0 bridgehead atoms. The van der Waals surface area contributed by atoms with E-state index in [0.717, 1.165) is 0 Å². The number of hydrogen-bond donors (Lipinski definition) is 1. The average molecular weight is 190 g/mol. The standard InChI is InChI=1S/C5H12O4S.Na/c1-4(2)3-5(6)10(7,8)9;/h4-6H,3H2,1-2H3,(H,7,8,9);/q;+1/p-1. The summed E-state index contributed by atoms with van der Waals surface area (Å²) < 4.78 is 30.2. The van der Waals surface area contributed by atoms with Crippen LogP contribution in [0.25, 0.3) is 0 Å². The van der Waals surface area contributed by atoms with Crippen LogP contribution in [0.4, 0.5) is 0 Å². The van der Waals surface area contributed by atoms with Crippen molar-refractivity contribution >= 4 is 10.1 Å². The van der Waals surface area contributed by atoms with Crippen LogP contribution in [-0.4, -0.2) is 23.5 Å². The summed E-state index contributed by atoms with van der Waals surface area (Å²) in [6.07, 6.45) is 0.00579. The first-order valence-corrected chi connectivity index (χ1v) is 4.44. The van der Waals surface area contributed by atoms with Gasteiger partial charge in [-0.05, 0) is 12.3 Å². The Morgan fingerprint density at radius 3 is 1.91 bits per heavy atom. The first-order chi connectivity index (χ1) is 4.34. The molecule has 1 unspecified atom stereocenters. The topological polar surface area (TPSA) is 77.4 Å². The SMILES string of the molecule is CC(C)CC(O)S(=O)(=O)[O-].[Na+]. The molecule has 11 heavy (non-hydrogen) atoms. The molecule has 0 aliphatic heterocycles. The Labute approximate surface area is 89.0 Å². The van der Waals surface area contributed by atoms with Gasteiger partial charge in [-0.15, -0.1) is 0 Å². The van der Waals surface area contributed by atoms with Crippen LogP contribution in [0.15, 0.2) is 0 Å². The van der Waals surface area contributed by atoms with Gasteiger partial charge in [0, 0.05) is 0 Å². The molecule has 0 aromatic carbocycles. The van der Waals surface area contributed by atoms with Gasteiger partial charge in [0.05, 0.1) is 0 Å². The Morgan fingerprint density at radius 1 is 1.45 bits per heavy atom. The Bertz CT molecular complexity index is 187. The zero-order chi connectivity index (χ0) is 8.36. The van der Waals surface area contributed by atoms with E-state index < -0.39 is 15.6 Å². The summed E-state index contributed by atoms with van der Waals surface area (Å²) in [7, 11) is -4.49. The van der Waals surface area contributed by atoms with Gasteiger partial charge in [0.1, 0.15) is 15.6 Å². The van der Waals surface area contributed by atoms with Crippen LogP contribution in [0.1, 0.15) is 20.3 Å². The van der Waals surface area contributed by atoms with Gasteiger partial charge in [-0.2, -0.15) is 0 Å². The van der Waals surface area contributed by atoms with Gasteiger partial charge < -0.3 is 9.66 Å². The molecule has 4 nitrogen and oxygen atoms in total. The van der Waals surface area contributed by atoms with E-state index in [1.54, 1.807) is 13.8 Å². The molecular weight excluding hydrogens is 179 g/mol. The first-order valence-electron chi connectivity index (χ1n) is 2.97. The second-order valence-corrected chi connectivity index (χ2v) is 4.11. The smallest absolute Gasteiger partial charge is 0.746 e. The maximum Gasteiger partial charge on any atom is 1.00 e. The molecule has 0 spiro atoms. The van der Waals surface area contributed by atoms with E-state index in [4.69, 9.17) is 5.11 Å². The van der Waals surface area contributed by atoms with Crippen molar-refractivity contribution in [1.82, 2.24) is 0 Å². The molecule has 0 saturated heterocycles. The van der Waals surface area contributed by atoms with E-state index in [2.05, 4.69) is 0 Å². The fourth-order valence-corrected chi connectivity index (χ4v) is 1.14. The Kier molecular flexibility index (Phi) is 7.20. The minimum Gasteiger partial charge on any atom is -0.746 e. The number of rotatable bonds is 3. The van der Waals surface area contributed by atoms with Crippen molar-refractivity contribution in [2.45, 2.75) is 25.7 Å². The van der Waals surface area contributed by atoms with Crippen molar-refractivity contribution in [3.05, 3.63) is 0 Å². The Morgan fingerprint density at radius 2 is 1.82 bits per heavy atom. The Balaban J connectivity index is 0. The predicted octanol–water partition coefficient (Wildman–Crippen LogP) is -3.10. The molecule has 0 aliphatic carbocycles. The summed E-state index contributed by atoms with van der Waals surface area (Å²) in [6.45, 7) is 3.46. The van der Waals surface area contributed by atoms with Crippen molar-refractivity contribution in [3.63, 3.8) is 0 Å². The molecule has 1 atom stereocenters. The molecular formula is C5H11NaO4S. The zero-order valence-corrected chi connectivity index (χ0v) is 9.76. The molecule has 62 valence electrons. The van der Waals surface area contributed by atoms with Crippen molar-refractivity contribution in [1.29, 1.82) is 0 Å². The van der Waals surface area contributed by atoms with Crippen LogP contribution in [0.3, 0.4) is 0 Å². The molecule has 0 aromatic heterocycles. The predicted molar refractivity (Wildman–Crippen MR) is 35.2 cm³/mol. The second kappa shape index (κ2) is 5.50. The Hall–Kier alpha value is 0.870. The van der Waals surface area contributed by atoms with Crippen LogP contribution < -0.4 is 29.6 Å². The van der Waals surface area contributed by atoms with Gasteiger partial charge in [0.25, 0.3) is 0 Å². The summed E-state index contributed by atoms with van der Waals surface area (Å²) in [6, 6.07) is 0. The fraction of sp³-hybridized carbons (Fsp3) is 1.00. The molecule has 0 radical (unpaired) electrons. The van der Waals surface area contributed by atoms with E-state index in [1.807, 2.05) is 0 Å². The summed E-state index contributed by atoms with van der Waals surface area (Å²) >= 11 is 0. The minimum atomic E-state index is -4.49. The minimum absolute atomic E-state index is 0. The van der Waals surface area contributed by atoms with Crippen LogP contribution in [0, 0.1) is 5.92 Å².